The number of alkyl halides is 2. The molecule has 7 heteroatoms. The van der Waals surface area contributed by atoms with E-state index in [4.69, 9.17) is 11.6 Å². The third kappa shape index (κ3) is 2.90. The molecule has 1 N–H and O–H groups in total. The minimum Gasteiger partial charge on any atom is -0.465 e. The molecule has 4 nitrogen and oxygen atoms in total. The number of methoxy groups -OCH3 is 1. The van der Waals surface area contributed by atoms with Crippen molar-refractivity contribution in [3.8, 4) is 0 Å². The Hall–Kier alpha value is -1.14. The van der Waals surface area contributed by atoms with Gasteiger partial charge in [0.25, 0.3) is 11.5 Å². The molecular weight excluding hydrogens is 245 g/mol. The number of amides is 1. The van der Waals surface area contributed by atoms with E-state index in [1.165, 1.54) is 29.2 Å². The van der Waals surface area contributed by atoms with Gasteiger partial charge < -0.3 is 10.1 Å². The van der Waals surface area contributed by atoms with Crippen LogP contribution in [0.25, 0.3) is 0 Å². The maximum Gasteiger partial charge on any atom is 0.340 e. The van der Waals surface area contributed by atoms with Crippen LogP contribution in [0.2, 0.25) is 0 Å². The molecular formula is C8H7ClFNO3S. The van der Waals surface area contributed by atoms with Gasteiger partial charge in [-0.15, -0.1) is 11.3 Å². The first-order chi connectivity index (χ1) is 7.06. The zero-order valence-corrected chi connectivity index (χ0v) is 9.19. The van der Waals surface area contributed by atoms with E-state index in [9.17, 15) is 14.0 Å². The quantitative estimate of drug-likeness (QED) is 0.660. The molecule has 82 valence electrons. The number of nitrogens with one attached hydrogen (secondary N) is 1. The van der Waals surface area contributed by atoms with Crippen molar-refractivity contribution in [1.82, 2.24) is 0 Å². The molecule has 0 saturated heterocycles. The minimum atomic E-state index is -2.14. The average molecular weight is 252 g/mol. The zero-order chi connectivity index (χ0) is 11.4. The van der Waals surface area contributed by atoms with E-state index in [1.807, 2.05) is 0 Å². The van der Waals surface area contributed by atoms with Gasteiger partial charge in [0, 0.05) is 10.8 Å². The number of anilines is 1. The molecule has 1 aromatic rings. The normalized spacial score (nSPS) is 11.9. The van der Waals surface area contributed by atoms with Gasteiger partial charge in [0.2, 0.25) is 0 Å². The molecule has 1 unspecified atom stereocenters. The molecule has 1 atom stereocenters. The van der Waals surface area contributed by atoms with E-state index in [2.05, 4.69) is 10.1 Å². The van der Waals surface area contributed by atoms with Crippen molar-refractivity contribution in [3.05, 3.63) is 16.3 Å². The van der Waals surface area contributed by atoms with Gasteiger partial charge in [-0.3, -0.25) is 4.79 Å². The second-order valence-electron chi connectivity index (χ2n) is 2.48. The Labute approximate surface area is 94.0 Å². The van der Waals surface area contributed by atoms with Gasteiger partial charge in [-0.05, 0) is 0 Å². The Morgan fingerprint density at radius 2 is 2.27 bits per heavy atom. The van der Waals surface area contributed by atoms with Crippen molar-refractivity contribution in [1.29, 1.82) is 0 Å². The molecule has 1 heterocycles. The lowest BCUT2D eigenvalue weighted by atomic mass is 10.3. The van der Waals surface area contributed by atoms with Gasteiger partial charge in [0.15, 0.2) is 0 Å². The number of hydrogen-bond donors (Lipinski definition) is 1. The zero-order valence-electron chi connectivity index (χ0n) is 7.62. The first kappa shape index (κ1) is 11.9. The summed E-state index contributed by atoms with van der Waals surface area (Å²) in [6.07, 6.45) is 0. The maximum atomic E-state index is 12.3. The number of carbonyl (C=O) groups is 2. The lowest BCUT2D eigenvalue weighted by Gasteiger charge is -2.04. The Morgan fingerprint density at radius 1 is 1.60 bits per heavy atom. The molecule has 1 aromatic heterocycles. The van der Waals surface area contributed by atoms with Gasteiger partial charge in [0.1, 0.15) is 0 Å². The Bertz CT molecular complexity index is 380. The van der Waals surface area contributed by atoms with Crippen LogP contribution in [0.5, 0.6) is 0 Å². The largest absolute Gasteiger partial charge is 0.465 e. The summed E-state index contributed by atoms with van der Waals surface area (Å²) in [7, 11) is 1.21. The molecule has 0 aliphatic heterocycles. The lowest BCUT2D eigenvalue weighted by Crippen LogP contribution is -2.20. The van der Waals surface area contributed by atoms with Crippen LogP contribution in [0, 0.1) is 0 Å². The van der Waals surface area contributed by atoms with Crippen molar-refractivity contribution in [3.63, 3.8) is 0 Å². The molecule has 0 bridgehead atoms. The summed E-state index contributed by atoms with van der Waals surface area (Å²) in [5.41, 5.74) is -1.77. The smallest absolute Gasteiger partial charge is 0.340 e. The number of halogens is 2. The molecule has 0 fully saturated rings. The second-order valence-corrected chi connectivity index (χ2v) is 3.61. The standard InChI is InChI=1S/C8H7ClFNO3S/c1-14-8(13)4-2-15-3-5(4)11-7(12)6(9)10/h2-3,6H,1H3,(H,11,12). The second kappa shape index (κ2) is 5.09. The number of esters is 1. The van der Waals surface area contributed by atoms with E-state index in [0.717, 1.165) is 0 Å². The molecule has 0 aliphatic carbocycles. The monoisotopic (exact) mass is 251 g/mol. The first-order valence-electron chi connectivity index (χ1n) is 3.79. The Balaban J connectivity index is 2.82. The summed E-state index contributed by atoms with van der Waals surface area (Å²) >= 11 is 6.10. The SMILES string of the molecule is COC(=O)c1cscc1NC(=O)C(F)Cl. The summed E-state index contributed by atoms with van der Waals surface area (Å²) in [5.74, 6) is -1.61. The fourth-order valence-corrected chi connectivity index (χ4v) is 1.65. The first-order valence-corrected chi connectivity index (χ1v) is 5.17. The van der Waals surface area contributed by atoms with Gasteiger partial charge in [-0.25, -0.2) is 9.18 Å². The van der Waals surface area contributed by atoms with Gasteiger partial charge in [-0.1, -0.05) is 11.6 Å². The number of ether oxygens (including phenoxy) is 1. The van der Waals surface area contributed by atoms with Crippen molar-refractivity contribution in [2.75, 3.05) is 12.4 Å². The molecule has 1 rings (SSSR count). The van der Waals surface area contributed by atoms with Crippen LogP contribution < -0.4 is 5.32 Å². The van der Waals surface area contributed by atoms with Gasteiger partial charge in [-0.2, -0.15) is 0 Å². The van der Waals surface area contributed by atoms with Crippen molar-refractivity contribution in [2.24, 2.45) is 0 Å². The molecule has 1 amide bonds. The van der Waals surface area contributed by atoms with Crippen LogP contribution in [0.1, 0.15) is 10.4 Å². The van der Waals surface area contributed by atoms with Gasteiger partial charge in [0.05, 0.1) is 18.4 Å². The minimum absolute atomic E-state index is 0.174. The van der Waals surface area contributed by atoms with E-state index >= 15 is 0 Å². The predicted molar refractivity (Wildman–Crippen MR) is 55.0 cm³/mol. The molecule has 0 spiro atoms. The fraction of sp³-hybridized carbons (Fsp3) is 0.250. The Morgan fingerprint density at radius 3 is 2.80 bits per heavy atom. The number of hydrogen-bond acceptors (Lipinski definition) is 4. The molecule has 15 heavy (non-hydrogen) atoms. The number of carbonyl (C=O) groups excluding carboxylic acids is 2. The van der Waals surface area contributed by atoms with Crippen molar-refractivity contribution in [2.45, 2.75) is 5.63 Å². The van der Waals surface area contributed by atoms with E-state index in [1.54, 1.807) is 0 Å². The highest BCUT2D eigenvalue weighted by molar-refractivity contribution is 7.08. The molecule has 0 radical (unpaired) electrons. The van der Waals surface area contributed by atoms with Crippen molar-refractivity contribution >= 4 is 40.5 Å². The van der Waals surface area contributed by atoms with E-state index in [-0.39, 0.29) is 11.3 Å². The van der Waals surface area contributed by atoms with Crippen molar-refractivity contribution < 1.29 is 18.7 Å². The third-order valence-electron chi connectivity index (χ3n) is 1.52. The highest BCUT2D eigenvalue weighted by Crippen LogP contribution is 2.22. The summed E-state index contributed by atoms with van der Waals surface area (Å²) in [6.45, 7) is 0. The highest BCUT2D eigenvalue weighted by atomic mass is 35.5. The highest BCUT2D eigenvalue weighted by Gasteiger charge is 2.18. The van der Waals surface area contributed by atoms with Crippen LogP contribution >= 0.6 is 22.9 Å². The molecule has 0 saturated carbocycles. The van der Waals surface area contributed by atoms with Gasteiger partial charge >= 0.3 is 5.97 Å². The number of thiophene rings is 1. The maximum absolute atomic E-state index is 12.3. The Kier molecular flexibility index (Phi) is 4.05. The average Bonchev–Trinajstić information content (AvgIpc) is 2.64. The summed E-state index contributed by atoms with van der Waals surface area (Å²) < 4.78 is 16.8. The van der Waals surface area contributed by atoms with E-state index in [0.29, 0.717) is 0 Å². The summed E-state index contributed by atoms with van der Waals surface area (Å²) in [6, 6.07) is 0. The lowest BCUT2D eigenvalue weighted by molar-refractivity contribution is -0.118. The van der Waals surface area contributed by atoms with Crippen LogP contribution in [0.3, 0.4) is 0 Å². The van der Waals surface area contributed by atoms with Crippen LogP contribution in [-0.2, 0) is 9.53 Å². The third-order valence-corrected chi connectivity index (χ3v) is 2.47. The fourth-order valence-electron chi connectivity index (χ4n) is 0.849. The van der Waals surface area contributed by atoms with Crippen LogP contribution in [0.15, 0.2) is 10.8 Å². The van der Waals surface area contributed by atoms with E-state index < -0.39 is 17.5 Å². The summed E-state index contributed by atoms with van der Waals surface area (Å²) in [4.78, 5) is 22.1. The summed E-state index contributed by atoms with van der Waals surface area (Å²) in [5, 5.41) is 5.15. The van der Waals surface area contributed by atoms with Crippen LogP contribution in [0.4, 0.5) is 10.1 Å². The molecule has 0 aliphatic rings. The number of rotatable bonds is 3. The van der Waals surface area contributed by atoms with Crippen LogP contribution in [-0.4, -0.2) is 24.6 Å². The molecule has 0 aromatic carbocycles. The predicted octanol–water partition coefficient (Wildman–Crippen LogP) is 2.01. The topological polar surface area (TPSA) is 55.4 Å².